The summed E-state index contributed by atoms with van der Waals surface area (Å²) in [6, 6.07) is 19.0. The highest BCUT2D eigenvalue weighted by Crippen LogP contribution is 2.38. The monoisotopic (exact) mass is 443 g/mol. The molecule has 0 N–H and O–H groups in total. The Morgan fingerprint density at radius 3 is 2.48 bits per heavy atom. The largest absolute Gasteiger partial charge is 0.483 e. The van der Waals surface area contributed by atoms with Gasteiger partial charge in [0, 0.05) is 12.1 Å². The van der Waals surface area contributed by atoms with E-state index in [2.05, 4.69) is 15.5 Å². The van der Waals surface area contributed by atoms with Crippen molar-refractivity contribution >= 4 is 5.91 Å². The average molecular weight is 443 g/mol. The van der Waals surface area contributed by atoms with Gasteiger partial charge in [0.05, 0.1) is 5.69 Å². The molecule has 0 saturated heterocycles. The highest BCUT2D eigenvalue weighted by molar-refractivity contribution is 5.79. The Balaban J connectivity index is 1.69. The fraction of sp³-hybridized carbons (Fsp3) is 0.200. The van der Waals surface area contributed by atoms with Crippen LogP contribution in [0.15, 0.2) is 66.7 Å². The van der Waals surface area contributed by atoms with Crippen LogP contribution in [0, 0.1) is 19.7 Å². The summed E-state index contributed by atoms with van der Waals surface area (Å²) >= 11 is 0. The number of fused-ring (bicyclic) bond motifs is 1. The van der Waals surface area contributed by atoms with Gasteiger partial charge in [-0.15, -0.1) is 5.10 Å². The number of tetrazole rings is 1. The lowest BCUT2D eigenvalue weighted by molar-refractivity contribution is -0.135. The number of carbonyl (C=O) groups excluding carboxylic acids is 1. The molecule has 0 unspecified atom stereocenters. The molecular formula is C25H22FN5O2. The van der Waals surface area contributed by atoms with Gasteiger partial charge in [-0.1, -0.05) is 48.5 Å². The number of rotatable bonds is 4. The van der Waals surface area contributed by atoms with Crippen LogP contribution in [0.25, 0.3) is 5.69 Å². The maximum atomic E-state index is 13.5. The molecule has 0 spiro atoms. The number of amides is 1. The van der Waals surface area contributed by atoms with Gasteiger partial charge < -0.3 is 9.64 Å². The molecular weight excluding hydrogens is 421 g/mol. The topological polar surface area (TPSA) is 73.1 Å². The summed E-state index contributed by atoms with van der Waals surface area (Å²) in [5, 5.41) is 12.6. The number of carbonyl (C=O) groups is 1. The van der Waals surface area contributed by atoms with Gasteiger partial charge in [-0.05, 0) is 59.2 Å². The van der Waals surface area contributed by atoms with Crippen molar-refractivity contribution in [3.8, 4) is 11.4 Å². The molecule has 8 heteroatoms. The first kappa shape index (κ1) is 20.8. The minimum Gasteiger partial charge on any atom is -0.483 e. The number of aryl methyl sites for hydroxylation is 2. The molecule has 2 heterocycles. The Morgan fingerprint density at radius 2 is 1.73 bits per heavy atom. The second-order valence-electron chi connectivity index (χ2n) is 8.07. The first-order valence-corrected chi connectivity index (χ1v) is 10.6. The Morgan fingerprint density at radius 1 is 1.00 bits per heavy atom. The highest BCUT2D eigenvalue weighted by Gasteiger charge is 2.36. The van der Waals surface area contributed by atoms with Crippen LogP contribution in [0.1, 0.15) is 34.1 Å². The van der Waals surface area contributed by atoms with Crippen molar-refractivity contribution in [2.24, 2.45) is 0 Å². The van der Waals surface area contributed by atoms with E-state index in [0.29, 0.717) is 11.6 Å². The maximum Gasteiger partial charge on any atom is 0.261 e. The minimum absolute atomic E-state index is 0.111. The van der Waals surface area contributed by atoms with E-state index in [0.717, 1.165) is 27.9 Å². The van der Waals surface area contributed by atoms with Gasteiger partial charge >= 0.3 is 0 Å². The van der Waals surface area contributed by atoms with Crippen molar-refractivity contribution in [2.75, 3.05) is 6.61 Å². The first-order valence-electron chi connectivity index (χ1n) is 10.6. The standard InChI is InChI=1S/C25H22FN5O2/c1-16-6-5-7-17(2)23(16)31-25(27-28-29-31)24-20-8-3-4-9-21(20)33-15-22(32)30(24)14-18-10-12-19(26)13-11-18/h3-13,24H,14-15H2,1-2H3/t24-/m0/s1. The van der Waals surface area contributed by atoms with Gasteiger partial charge in [-0.2, -0.15) is 4.68 Å². The lowest BCUT2D eigenvalue weighted by Gasteiger charge is -2.29. The number of halogens is 1. The second-order valence-corrected chi connectivity index (χ2v) is 8.07. The first-order chi connectivity index (χ1) is 16.0. The zero-order chi connectivity index (χ0) is 22.9. The molecule has 1 atom stereocenters. The molecule has 1 aliphatic heterocycles. The summed E-state index contributed by atoms with van der Waals surface area (Å²) in [5.74, 6) is 0.566. The third kappa shape index (κ3) is 3.84. The molecule has 0 radical (unpaired) electrons. The molecule has 1 amide bonds. The summed E-state index contributed by atoms with van der Waals surface area (Å²) < 4.78 is 21.0. The van der Waals surface area contributed by atoms with Gasteiger partial charge in [0.25, 0.3) is 5.91 Å². The SMILES string of the molecule is Cc1cccc(C)c1-n1nnnc1[C@@H]1c2ccccc2OCC(=O)N1Cc1ccc(F)cc1. The van der Waals surface area contributed by atoms with Gasteiger partial charge in [-0.3, -0.25) is 4.79 Å². The number of nitrogens with zero attached hydrogens (tertiary/aromatic N) is 5. The second kappa shape index (κ2) is 8.46. The van der Waals surface area contributed by atoms with Crippen LogP contribution in [0.2, 0.25) is 0 Å². The number of para-hydroxylation sites is 2. The maximum absolute atomic E-state index is 13.5. The normalized spacial score (nSPS) is 15.7. The smallest absolute Gasteiger partial charge is 0.261 e. The van der Waals surface area contributed by atoms with Gasteiger partial charge in [-0.25, -0.2) is 4.39 Å². The quantitative estimate of drug-likeness (QED) is 0.478. The highest BCUT2D eigenvalue weighted by atomic mass is 19.1. The Bertz CT molecular complexity index is 1300. The molecule has 1 aromatic heterocycles. The van der Waals surface area contributed by atoms with Crippen molar-refractivity contribution in [3.63, 3.8) is 0 Å². The van der Waals surface area contributed by atoms with Crippen LogP contribution in [0.3, 0.4) is 0 Å². The molecule has 33 heavy (non-hydrogen) atoms. The molecule has 1 aliphatic rings. The van der Waals surface area contributed by atoms with Crippen molar-refractivity contribution in [1.29, 1.82) is 0 Å². The zero-order valence-electron chi connectivity index (χ0n) is 18.3. The van der Waals surface area contributed by atoms with Gasteiger partial charge in [0.1, 0.15) is 17.6 Å². The van der Waals surface area contributed by atoms with Crippen LogP contribution < -0.4 is 4.74 Å². The van der Waals surface area contributed by atoms with Crippen molar-refractivity contribution in [3.05, 3.63) is 101 Å². The van der Waals surface area contributed by atoms with E-state index in [1.54, 1.807) is 21.7 Å². The van der Waals surface area contributed by atoms with Crippen LogP contribution in [-0.2, 0) is 11.3 Å². The Kier molecular flexibility index (Phi) is 5.34. The predicted molar refractivity (Wildman–Crippen MR) is 119 cm³/mol. The number of aromatic nitrogens is 4. The number of hydrogen-bond donors (Lipinski definition) is 0. The molecule has 0 fully saturated rings. The number of benzene rings is 3. The summed E-state index contributed by atoms with van der Waals surface area (Å²) in [5.41, 5.74) is 4.47. The van der Waals surface area contributed by atoms with Crippen molar-refractivity contribution in [2.45, 2.75) is 26.4 Å². The van der Waals surface area contributed by atoms with E-state index >= 15 is 0 Å². The summed E-state index contributed by atoms with van der Waals surface area (Å²) in [6.07, 6.45) is 0. The molecule has 0 saturated carbocycles. The number of ether oxygens (including phenoxy) is 1. The predicted octanol–water partition coefficient (Wildman–Crippen LogP) is 3.93. The van der Waals surface area contributed by atoms with E-state index in [1.807, 2.05) is 56.3 Å². The molecule has 166 valence electrons. The van der Waals surface area contributed by atoms with E-state index < -0.39 is 6.04 Å². The van der Waals surface area contributed by atoms with Gasteiger partial charge in [0.15, 0.2) is 12.4 Å². The lowest BCUT2D eigenvalue weighted by atomic mass is 10.0. The Labute approximate surface area is 190 Å². The van der Waals surface area contributed by atoms with Crippen LogP contribution >= 0.6 is 0 Å². The van der Waals surface area contributed by atoms with Crippen molar-refractivity contribution in [1.82, 2.24) is 25.1 Å². The summed E-state index contributed by atoms with van der Waals surface area (Å²) in [6.45, 7) is 4.14. The van der Waals surface area contributed by atoms with E-state index in [4.69, 9.17) is 4.74 Å². The molecule has 0 aliphatic carbocycles. The van der Waals surface area contributed by atoms with E-state index in [-0.39, 0.29) is 24.9 Å². The molecule has 3 aromatic carbocycles. The fourth-order valence-corrected chi connectivity index (χ4v) is 4.28. The number of hydrogen-bond acceptors (Lipinski definition) is 5. The zero-order valence-corrected chi connectivity index (χ0v) is 18.3. The molecule has 0 bridgehead atoms. The van der Waals surface area contributed by atoms with E-state index in [9.17, 15) is 9.18 Å². The van der Waals surface area contributed by atoms with Crippen molar-refractivity contribution < 1.29 is 13.9 Å². The summed E-state index contributed by atoms with van der Waals surface area (Å²) in [7, 11) is 0. The van der Waals surface area contributed by atoms with Crippen LogP contribution in [-0.4, -0.2) is 37.6 Å². The lowest BCUT2D eigenvalue weighted by Crippen LogP contribution is -2.37. The van der Waals surface area contributed by atoms with Crippen LogP contribution in [0.5, 0.6) is 5.75 Å². The summed E-state index contributed by atoms with van der Waals surface area (Å²) in [4.78, 5) is 15.0. The fourth-order valence-electron chi connectivity index (χ4n) is 4.28. The molecule has 5 rings (SSSR count). The third-order valence-corrected chi connectivity index (χ3v) is 5.85. The minimum atomic E-state index is -0.602. The third-order valence-electron chi connectivity index (χ3n) is 5.85. The molecule has 7 nitrogen and oxygen atoms in total. The molecule has 4 aromatic rings. The van der Waals surface area contributed by atoms with Crippen LogP contribution in [0.4, 0.5) is 4.39 Å². The average Bonchev–Trinajstić information content (AvgIpc) is 3.22. The van der Waals surface area contributed by atoms with E-state index in [1.165, 1.54) is 12.1 Å². The Hall–Kier alpha value is -4.07. The van der Waals surface area contributed by atoms with Gasteiger partial charge in [0.2, 0.25) is 0 Å².